The Morgan fingerprint density at radius 2 is 1.76 bits per heavy atom. The Labute approximate surface area is 98.3 Å². The molecule has 0 saturated carbocycles. The number of halogens is 3. The molecule has 0 aromatic rings. The van der Waals surface area contributed by atoms with E-state index in [0.29, 0.717) is 13.3 Å². The van der Waals surface area contributed by atoms with Crippen LogP contribution < -0.4 is 0 Å². The zero-order valence-corrected chi connectivity index (χ0v) is 10.4. The Bertz CT molecular complexity index is 299. The fourth-order valence-electron chi connectivity index (χ4n) is 1.38. The Kier molecular flexibility index (Phi) is 5.32. The molecule has 0 aromatic heterocycles. The number of ketones is 2. The number of ether oxygens (including phenoxy) is 1. The molecule has 0 radical (unpaired) electrons. The highest BCUT2D eigenvalue weighted by Gasteiger charge is 2.57. The molecule has 0 aliphatic carbocycles. The van der Waals surface area contributed by atoms with Crippen molar-refractivity contribution in [1.82, 2.24) is 0 Å². The average Bonchev–Trinajstić information content (AvgIpc) is 2.21. The van der Waals surface area contributed by atoms with Crippen molar-refractivity contribution >= 4 is 11.6 Å². The van der Waals surface area contributed by atoms with Crippen molar-refractivity contribution in [3.63, 3.8) is 0 Å². The van der Waals surface area contributed by atoms with E-state index in [1.54, 1.807) is 6.92 Å². The molecule has 0 amide bonds. The van der Waals surface area contributed by atoms with Crippen LogP contribution in [0.5, 0.6) is 0 Å². The predicted octanol–water partition coefficient (Wildman–Crippen LogP) is 2.53. The molecule has 0 fully saturated rings. The lowest BCUT2D eigenvalue weighted by molar-refractivity contribution is -0.253. The first-order valence-corrected chi connectivity index (χ1v) is 5.25. The summed E-state index contributed by atoms with van der Waals surface area (Å²) in [6, 6.07) is 0. The highest BCUT2D eigenvalue weighted by atomic mass is 19.4. The molecule has 2 atom stereocenters. The molecule has 0 rings (SSSR count). The molecule has 0 aliphatic rings. The van der Waals surface area contributed by atoms with Gasteiger partial charge in [-0.1, -0.05) is 6.92 Å². The van der Waals surface area contributed by atoms with Crippen LogP contribution in [0, 0.1) is 5.92 Å². The minimum atomic E-state index is -4.78. The van der Waals surface area contributed by atoms with Gasteiger partial charge in [0.1, 0.15) is 5.78 Å². The minimum absolute atomic E-state index is 0.290. The SMILES string of the molecule is CCC(CC(=O)[C@@](C)(OC)C(F)(F)F)C(C)=O. The van der Waals surface area contributed by atoms with Crippen molar-refractivity contribution in [1.29, 1.82) is 0 Å². The number of carbonyl (C=O) groups excluding carboxylic acids is 2. The lowest BCUT2D eigenvalue weighted by atomic mass is 9.88. The van der Waals surface area contributed by atoms with Crippen molar-refractivity contribution in [2.24, 2.45) is 5.92 Å². The second-order valence-electron chi connectivity index (χ2n) is 4.08. The van der Waals surface area contributed by atoms with Crippen molar-refractivity contribution < 1.29 is 27.5 Å². The molecular formula is C11H17F3O3. The van der Waals surface area contributed by atoms with E-state index in [9.17, 15) is 22.8 Å². The van der Waals surface area contributed by atoms with Gasteiger partial charge in [-0.15, -0.1) is 0 Å². The van der Waals surface area contributed by atoms with Crippen LogP contribution >= 0.6 is 0 Å². The fraction of sp³-hybridized carbons (Fsp3) is 0.818. The summed E-state index contributed by atoms with van der Waals surface area (Å²) >= 11 is 0. The van der Waals surface area contributed by atoms with Crippen LogP contribution in [-0.4, -0.2) is 30.5 Å². The van der Waals surface area contributed by atoms with Crippen molar-refractivity contribution in [3.05, 3.63) is 0 Å². The first-order chi connectivity index (χ1) is 7.60. The van der Waals surface area contributed by atoms with E-state index >= 15 is 0 Å². The summed E-state index contributed by atoms with van der Waals surface area (Å²) in [5, 5.41) is 0. The van der Waals surface area contributed by atoms with E-state index in [2.05, 4.69) is 4.74 Å². The van der Waals surface area contributed by atoms with Gasteiger partial charge in [0.15, 0.2) is 5.78 Å². The Morgan fingerprint density at radius 3 is 2.00 bits per heavy atom. The predicted molar refractivity (Wildman–Crippen MR) is 55.6 cm³/mol. The number of alkyl halides is 3. The number of carbonyl (C=O) groups is 2. The van der Waals surface area contributed by atoms with E-state index in [4.69, 9.17) is 0 Å². The van der Waals surface area contributed by atoms with Crippen LogP contribution in [0.15, 0.2) is 0 Å². The number of hydrogen-bond donors (Lipinski definition) is 0. The molecule has 0 saturated heterocycles. The van der Waals surface area contributed by atoms with E-state index in [-0.39, 0.29) is 5.78 Å². The van der Waals surface area contributed by atoms with E-state index < -0.39 is 29.9 Å². The molecule has 0 heterocycles. The van der Waals surface area contributed by atoms with Gasteiger partial charge in [0, 0.05) is 19.4 Å². The van der Waals surface area contributed by atoms with Crippen molar-refractivity contribution in [2.75, 3.05) is 7.11 Å². The van der Waals surface area contributed by atoms with Crippen LogP contribution in [0.25, 0.3) is 0 Å². The maximum absolute atomic E-state index is 12.7. The number of hydrogen-bond acceptors (Lipinski definition) is 3. The van der Waals surface area contributed by atoms with E-state index in [0.717, 1.165) is 7.11 Å². The first-order valence-electron chi connectivity index (χ1n) is 5.25. The molecule has 100 valence electrons. The summed E-state index contributed by atoms with van der Waals surface area (Å²) in [7, 11) is 0.833. The van der Waals surface area contributed by atoms with Gasteiger partial charge in [-0.05, 0) is 20.3 Å². The number of rotatable bonds is 6. The summed E-state index contributed by atoms with van der Waals surface area (Å²) in [6.07, 6.45) is -4.90. The third-order valence-corrected chi connectivity index (χ3v) is 2.98. The maximum Gasteiger partial charge on any atom is 0.424 e. The topological polar surface area (TPSA) is 43.4 Å². The van der Waals surface area contributed by atoms with Gasteiger partial charge in [0.05, 0.1) is 0 Å². The molecular weight excluding hydrogens is 237 g/mol. The van der Waals surface area contributed by atoms with Gasteiger partial charge in [-0.25, -0.2) is 0 Å². The van der Waals surface area contributed by atoms with Gasteiger partial charge < -0.3 is 4.74 Å². The summed E-state index contributed by atoms with van der Waals surface area (Å²) in [5.74, 6) is -2.09. The highest BCUT2D eigenvalue weighted by molar-refractivity contribution is 5.92. The summed E-state index contributed by atoms with van der Waals surface area (Å²) in [4.78, 5) is 22.7. The molecule has 0 spiro atoms. The zero-order valence-electron chi connectivity index (χ0n) is 10.4. The van der Waals surface area contributed by atoms with Crippen molar-refractivity contribution in [3.8, 4) is 0 Å². The van der Waals surface area contributed by atoms with E-state index in [1.807, 2.05) is 0 Å². The molecule has 0 N–H and O–H groups in total. The van der Waals surface area contributed by atoms with Crippen LogP contribution in [-0.2, 0) is 14.3 Å². The second-order valence-corrected chi connectivity index (χ2v) is 4.08. The Morgan fingerprint density at radius 1 is 1.29 bits per heavy atom. The number of Topliss-reactive ketones (excluding diaryl/α,β-unsaturated/α-hetero) is 2. The lowest BCUT2D eigenvalue weighted by Crippen LogP contribution is -2.51. The smallest absolute Gasteiger partial charge is 0.362 e. The third kappa shape index (κ3) is 3.52. The van der Waals surface area contributed by atoms with Crippen LogP contribution in [0.1, 0.15) is 33.6 Å². The highest BCUT2D eigenvalue weighted by Crippen LogP contribution is 2.35. The Hall–Kier alpha value is -0.910. The molecule has 0 aromatic carbocycles. The standard InChI is InChI=1S/C11H17F3O3/c1-5-8(7(2)15)6-9(16)10(3,17-4)11(12,13)14/h8H,5-6H2,1-4H3/t8?,10-/m1/s1. The maximum atomic E-state index is 12.7. The molecule has 17 heavy (non-hydrogen) atoms. The minimum Gasteiger partial charge on any atom is -0.362 e. The van der Waals surface area contributed by atoms with Gasteiger partial charge >= 0.3 is 6.18 Å². The van der Waals surface area contributed by atoms with Gasteiger partial charge in [-0.2, -0.15) is 13.2 Å². The van der Waals surface area contributed by atoms with Crippen LogP contribution in [0.4, 0.5) is 13.2 Å². The third-order valence-electron chi connectivity index (χ3n) is 2.98. The van der Waals surface area contributed by atoms with Gasteiger partial charge in [0.25, 0.3) is 0 Å². The van der Waals surface area contributed by atoms with Crippen LogP contribution in [0.3, 0.4) is 0 Å². The molecule has 0 bridgehead atoms. The monoisotopic (exact) mass is 254 g/mol. The first kappa shape index (κ1) is 16.1. The quantitative estimate of drug-likeness (QED) is 0.731. The molecule has 3 nitrogen and oxygen atoms in total. The van der Waals surface area contributed by atoms with E-state index in [1.165, 1.54) is 6.92 Å². The van der Waals surface area contributed by atoms with Gasteiger partial charge in [-0.3, -0.25) is 9.59 Å². The van der Waals surface area contributed by atoms with Crippen molar-refractivity contribution in [2.45, 2.75) is 45.4 Å². The largest absolute Gasteiger partial charge is 0.424 e. The lowest BCUT2D eigenvalue weighted by Gasteiger charge is -2.29. The molecule has 6 heteroatoms. The number of methoxy groups -OCH3 is 1. The summed E-state index contributed by atoms with van der Waals surface area (Å²) in [6.45, 7) is 3.60. The molecule has 0 aliphatic heterocycles. The summed E-state index contributed by atoms with van der Waals surface area (Å²) in [5.41, 5.74) is -2.84. The molecule has 1 unspecified atom stereocenters. The fourth-order valence-corrected chi connectivity index (χ4v) is 1.38. The Balaban J connectivity index is 4.96. The van der Waals surface area contributed by atoms with Crippen LogP contribution in [0.2, 0.25) is 0 Å². The van der Waals surface area contributed by atoms with Gasteiger partial charge in [0.2, 0.25) is 5.60 Å². The average molecular weight is 254 g/mol. The summed E-state index contributed by atoms with van der Waals surface area (Å²) < 4.78 is 42.3. The zero-order chi connectivity index (χ0) is 13.9. The second kappa shape index (κ2) is 5.62. The normalized spacial score (nSPS) is 17.4.